The van der Waals surface area contributed by atoms with Gasteiger partial charge in [-0.15, -0.1) is 11.3 Å². The van der Waals surface area contributed by atoms with Crippen LogP contribution in [-0.2, 0) is 4.79 Å². The number of aliphatic hydroxyl groups excluding tert-OH is 1. The molecule has 1 atom stereocenters. The normalized spacial score (nSPS) is 17.5. The second-order valence-electron chi connectivity index (χ2n) is 5.24. The van der Waals surface area contributed by atoms with E-state index in [0.717, 1.165) is 0 Å². The van der Waals surface area contributed by atoms with Gasteiger partial charge in [-0.05, 0) is 29.1 Å². The minimum Gasteiger partial charge on any atom is -0.503 e. The van der Waals surface area contributed by atoms with Crippen LogP contribution in [0.1, 0.15) is 21.3 Å². The number of nitro groups is 1. The monoisotopic (exact) mass is 344 g/mol. The number of nitro benzene ring substituents is 1. The summed E-state index contributed by atoms with van der Waals surface area (Å²) in [6.45, 7) is 0. The molecule has 1 aliphatic heterocycles. The highest BCUT2D eigenvalue weighted by Gasteiger charge is 2.42. The first-order chi connectivity index (χ1) is 11.4. The predicted molar refractivity (Wildman–Crippen MR) is 86.9 cm³/mol. The quantitative estimate of drug-likeness (QED) is 0.522. The van der Waals surface area contributed by atoms with Gasteiger partial charge in [0.2, 0.25) is 5.78 Å². The summed E-state index contributed by atoms with van der Waals surface area (Å²) in [5.41, 5.74) is 0.407. The molecule has 1 amide bonds. The van der Waals surface area contributed by atoms with Gasteiger partial charge >= 0.3 is 0 Å². The van der Waals surface area contributed by atoms with Crippen LogP contribution in [0.3, 0.4) is 0 Å². The minimum atomic E-state index is -0.784. The highest BCUT2D eigenvalue weighted by Crippen LogP contribution is 2.38. The molecule has 1 aliphatic rings. The molecule has 122 valence electrons. The number of hydrogen-bond donors (Lipinski definition) is 1. The van der Waals surface area contributed by atoms with Crippen LogP contribution in [0.25, 0.3) is 0 Å². The third kappa shape index (κ3) is 2.46. The lowest BCUT2D eigenvalue weighted by atomic mass is 9.95. The van der Waals surface area contributed by atoms with Crippen LogP contribution in [0.4, 0.5) is 5.69 Å². The number of carbonyl (C=O) groups is 2. The lowest BCUT2D eigenvalue weighted by molar-refractivity contribution is -0.384. The Morgan fingerprint density at radius 2 is 1.96 bits per heavy atom. The van der Waals surface area contributed by atoms with Gasteiger partial charge in [-0.3, -0.25) is 19.7 Å². The summed E-state index contributed by atoms with van der Waals surface area (Å²) < 4.78 is 0. The van der Waals surface area contributed by atoms with E-state index >= 15 is 0 Å². The van der Waals surface area contributed by atoms with Crippen molar-refractivity contribution >= 4 is 28.7 Å². The Bertz CT molecular complexity index is 855. The van der Waals surface area contributed by atoms with E-state index in [1.165, 1.54) is 47.5 Å². The van der Waals surface area contributed by atoms with Gasteiger partial charge in [0.25, 0.3) is 11.6 Å². The molecule has 1 N–H and O–H groups in total. The van der Waals surface area contributed by atoms with Gasteiger partial charge in [0.05, 0.1) is 21.4 Å². The van der Waals surface area contributed by atoms with E-state index in [-0.39, 0.29) is 11.3 Å². The number of ketones is 1. The minimum absolute atomic E-state index is 0.0150. The van der Waals surface area contributed by atoms with Gasteiger partial charge in [0, 0.05) is 19.2 Å². The Labute approximate surface area is 140 Å². The van der Waals surface area contributed by atoms with E-state index in [1.807, 2.05) is 0 Å². The number of non-ortho nitro benzene ring substituents is 1. The third-order valence-corrected chi connectivity index (χ3v) is 4.72. The van der Waals surface area contributed by atoms with E-state index in [1.54, 1.807) is 17.5 Å². The van der Waals surface area contributed by atoms with E-state index in [2.05, 4.69) is 0 Å². The summed E-state index contributed by atoms with van der Waals surface area (Å²) in [4.78, 5) is 36.7. The zero-order valence-corrected chi connectivity index (χ0v) is 13.3. The summed E-state index contributed by atoms with van der Waals surface area (Å²) in [6.07, 6.45) is 0. The van der Waals surface area contributed by atoms with Crippen molar-refractivity contribution in [2.75, 3.05) is 7.05 Å². The number of likely N-dealkylation sites (N-methyl/N-ethyl adjacent to an activating group) is 1. The maximum absolute atomic E-state index is 12.7. The van der Waals surface area contributed by atoms with Crippen molar-refractivity contribution in [2.45, 2.75) is 6.04 Å². The van der Waals surface area contributed by atoms with Crippen LogP contribution < -0.4 is 0 Å². The topological polar surface area (TPSA) is 101 Å². The van der Waals surface area contributed by atoms with E-state index in [0.29, 0.717) is 10.4 Å². The van der Waals surface area contributed by atoms with Crippen LogP contribution in [0, 0.1) is 10.1 Å². The molecule has 0 aliphatic carbocycles. The fraction of sp³-hybridized carbons (Fsp3) is 0.125. The molecule has 0 spiro atoms. The number of amides is 1. The molecular formula is C16H12N2O5S. The average molecular weight is 344 g/mol. The zero-order chi connectivity index (χ0) is 17.4. The first kappa shape index (κ1) is 15.9. The van der Waals surface area contributed by atoms with E-state index in [4.69, 9.17) is 0 Å². The molecule has 0 saturated carbocycles. The van der Waals surface area contributed by atoms with Crippen molar-refractivity contribution < 1.29 is 19.6 Å². The number of aliphatic hydroxyl groups is 1. The molecule has 8 heteroatoms. The lowest BCUT2D eigenvalue weighted by Crippen LogP contribution is -2.26. The summed E-state index contributed by atoms with van der Waals surface area (Å²) >= 11 is 1.21. The Hall–Kier alpha value is -3.00. The van der Waals surface area contributed by atoms with Gasteiger partial charge in [-0.25, -0.2) is 0 Å². The smallest absolute Gasteiger partial charge is 0.289 e. The molecule has 0 fully saturated rings. The Morgan fingerprint density at radius 3 is 2.50 bits per heavy atom. The number of thiophene rings is 1. The van der Waals surface area contributed by atoms with Crippen molar-refractivity contribution in [1.29, 1.82) is 0 Å². The Kier molecular flexibility index (Phi) is 3.90. The first-order valence-electron chi connectivity index (χ1n) is 6.94. The Morgan fingerprint density at radius 1 is 1.29 bits per heavy atom. The van der Waals surface area contributed by atoms with Crippen molar-refractivity contribution in [2.24, 2.45) is 0 Å². The molecule has 0 saturated heterocycles. The molecule has 0 bridgehead atoms. The number of nitrogens with zero attached hydrogens (tertiary/aromatic N) is 2. The first-order valence-corrected chi connectivity index (χ1v) is 7.82. The summed E-state index contributed by atoms with van der Waals surface area (Å²) in [5, 5.41) is 22.6. The van der Waals surface area contributed by atoms with Gasteiger partial charge in [-0.1, -0.05) is 6.07 Å². The SMILES string of the molecule is CN1C(=O)C(O)=C(C(=O)c2cccs2)C1c1ccc([N+](=O)[O-])cc1. The molecule has 3 rings (SSSR count). The highest BCUT2D eigenvalue weighted by atomic mass is 32.1. The number of benzene rings is 1. The largest absolute Gasteiger partial charge is 0.503 e. The molecule has 2 aromatic rings. The van der Waals surface area contributed by atoms with E-state index in [9.17, 15) is 24.8 Å². The van der Waals surface area contributed by atoms with Crippen LogP contribution >= 0.6 is 11.3 Å². The molecule has 7 nitrogen and oxygen atoms in total. The standard InChI is InChI=1S/C16H12N2O5S/c1-17-13(9-4-6-10(7-5-9)18(22)23)12(15(20)16(17)21)14(19)11-3-2-8-24-11/h2-8,13,20H,1H3. The van der Waals surface area contributed by atoms with Gasteiger partial charge in [-0.2, -0.15) is 0 Å². The predicted octanol–water partition coefficient (Wildman–Crippen LogP) is 2.86. The van der Waals surface area contributed by atoms with E-state index < -0.39 is 28.4 Å². The summed E-state index contributed by atoms with van der Waals surface area (Å²) in [5.74, 6) is -1.67. The molecule has 1 aromatic carbocycles. The number of rotatable bonds is 4. The van der Waals surface area contributed by atoms with Crippen molar-refractivity contribution in [3.8, 4) is 0 Å². The van der Waals surface area contributed by atoms with Crippen molar-refractivity contribution in [3.63, 3.8) is 0 Å². The maximum atomic E-state index is 12.7. The third-order valence-electron chi connectivity index (χ3n) is 3.85. The molecular weight excluding hydrogens is 332 g/mol. The lowest BCUT2D eigenvalue weighted by Gasteiger charge is -2.22. The summed E-state index contributed by atoms with van der Waals surface area (Å²) in [7, 11) is 1.47. The fourth-order valence-corrected chi connectivity index (χ4v) is 3.34. The fourth-order valence-electron chi connectivity index (χ4n) is 2.66. The molecule has 1 aromatic heterocycles. The second kappa shape index (κ2) is 5.89. The molecule has 0 radical (unpaired) electrons. The van der Waals surface area contributed by atoms with Crippen molar-refractivity contribution in [1.82, 2.24) is 4.90 Å². The number of carbonyl (C=O) groups excluding carboxylic acids is 2. The van der Waals surface area contributed by atoms with Gasteiger partial charge < -0.3 is 10.0 Å². The van der Waals surface area contributed by atoms with Crippen molar-refractivity contribution in [3.05, 3.63) is 73.7 Å². The molecule has 24 heavy (non-hydrogen) atoms. The Balaban J connectivity index is 2.06. The second-order valence-corrected chi connectivity index (χ2v) is 6.18. The zero-order valence-electron chi connectivity index (χ0n) is 12.5. The molecule has 1 unspecified atom stereocenters. The maximum Gasteiger partial charge on any atom is 0.289 e. The number of Topliss-reactive ketones (excluding diaryl/α,β-unsaturated/α-hetero) is 1. The van der Waals surface area contributed by atoms with Crippen LogP contribution in [0.2, 0.25) is 0 Å². The van der Waals surface area contributed by atoms with Gasteiger partial charge in [0.15, 0.2) is 5.76 Å². The average Bonchev–Trinajstić information content (AvgIpc) is 3.18. The van der Waals surface area contributed by atoms with Gasteiger partial charge in [0.1, 0.15) is 0 Å². The van der Waals surface area contributed by atoms with Crippen LogP contribution in [-0.4, -0.2) is 33.7 Å². The summed E-state index contributed by atoms with van der Waals surface area (Å²) in [6, 6.07) is 8.10. The highest BCUT2D eigenvalue weighted by molar-refractivity contribution is 7.12. The molecule has 2 heterocycles. The van der Waals surface area contributed by atoms with Crippen LogP contribution in [0.5, 0.6) is 0 Å². The van der Waals surface area contributed by atoms with Crippen LogP contribution in [0.15, 0.2) is 53.1 Å². The number of hydrogen-bond acceptors (Lipinski definition) is 6.